The van der Waals surface area contributed by atoms with Gasteiger partial charge in [0.15, 0.2) is 0 Å². The van der Waals surface area contributed by atoms with E-state index in [1.807, 2.05) is 20.8 Å². The SMILES string of the molecule is CCC(C)(C)C(=O)NCCCCS(=O)(=O)O. The summed E-state index contributed by atoms with van der Waals surface area (Å²) in [4.78, 5) is 11.6. The zero-order chi connectivity index (χ0) is 12.8. The van der Waals surface area contributed by atoms with Crippen LogP contribution in [0.5, 0.6) is 0 Å². The third-order valence-corrected chi connectivity index (χ3v) is 3.42. The lowest BCUT2D eigenvalue weighted by atomic mass is 9.89. The fraction of sp³-hybridized carbons (Fsp3) is 0.900. The highest BCUT2D eigenvalue weighted by Gasteiger charge is 2.24. The summed E-state index contributed by atoms with van der Waals surface area (Å²) in [5.74, 6) is -0.276. The van der Waals surface area contributed by atoms with Crippen LogP contribution in [-0.4, -0.2) is 31.2 Å². The zero-order valence-corrected chi connectivity index (χ0v) is 10.9. The van der Waals surface area contributed by atoms with Crippen LogP contribution in [0.25, 0.3) is 0 Å². The van der Waals surface area contributed by atoms with Crippen LogP contribution >= 0.6 is 0 Å². The molecule has 0 fully saturated rings. The van der Waals surface area contributed by atoms with Crippen molar-refractivity contribution in [3.63, 3.8) is 0 Å². The molecule has 0 unspecified atom stereocenters. The zero-order valence-electron chi connectivity index (χ0n) is 10.1. The van der Waals surface area contributed by atoms with E-state index in [4.69, 9.17) is 4.55 Å². The minimum absolute atomic E-state index is 0.0261. The van der Waals surface area contributed by atoms with Gasteiger partial charge in [-0.25, -0.2) is 0 Å². The summed E-state index contributed by atoms with van der Waals surface area (Å²) < 4.78 is 29.3. The van der Waals surface area contributed by atoms with E-state index in [2.05, 4.69) is 5.32 Å². The minimum atomic E-state index is -3.87. The number of nitrogens with one attached hydrogen (secondary N) is 1. The number of unbranched alkanes of at least 4 members (excludes halogenated alkanes) is 1. The van der Waals surface area contributed by atoms with Crippen molar-refractivity contribution in [2.24, 2.45) is 5.41 Å². The molecule has 0 aliphatic carbocycles. The molecule has 0 atom stereocenters. The lowest BCUT2D eigenvalue weighted by Crippen LogP contribution is -2.37. The van der Waals surface area contributed by atoms with Gasteiger partial charge in [0, 0.05) is 12.0 Å². The lowest BCUT2D eigenvalue weighted by molar-refractivity contribution is -0.129. The number of rotatable bonds is 7. The quantitative estimate of drug-likeness (QED) is 0.526. The average Bonchev–Trinajstić information content (AvgIpc) is 2.15. The first kappa shape index (κ1) is 15.4. The first-order valence-corrected chi connectivity index (χ1v) is 7.03. The molecule has 0 aromatic rings. The van der Waals surface area contributed by atoms with Gasteiger partial charge in [-0.2, -0.15) is 8.42 Å². The van der Waals surface area contributed by atoms with Gasteiger partial charge in [0.05, 0.1) is 5.75 Å². The van der Waals surface area contributed by atoms with E-state index in [0.29, 0.717) is 19.4 Å². The Morgan fingerprint density at radius 3 is 2.31 bits per heavy atom. The van der Waals surface area contributed by atoms with E-state index < -0.39 is 10.1 Å². The topological polar surface area (TPSA) is 83.5 Å². The van der Waals surface area contributed by atoms with Gasteiger partial charge >= 0.3 is 0 Å². The van der Waals surface area contributed by atoms with Crippen LogP contribution in [0.3, 0.4) is 0 Å². The standard InChI is InChI=1S/C10H21NO4S/c1-4-10(2,3)9(12)11-7-5-6-8-16(13,14)15/h4-8H2,1-3H3,(H,11,12)(H,13,14,15). The molecule has 0 bridgehead atoms. The minimum Gasteiger partial charge on any atom is -0.356 e. The van der Waals surface area contributed by atoms with E-state index in [0.717, 1.165) is 6.42 Å². The molecule has 0 saturated carbocycles. The van der Waals surface area contributed by atoms with Crippen molar-refractivity contribution < 1.29 is 17.8 Å². The Labute approximate surface area is 97.4 Å². The highest BCUT2D eigenvalue weighted by Crippen LogP contribution is 2.19. The van der Waals surface area contributed by atoms with Crippen molar-refractivity contribution in [1.29, 1.82) is 0 Å². The van der Waals surface area contributed by atoms with E-state index in [-0.39, 0.29) is 17.1 Å². The largest absolute Gasteiger partial charge is 0.356 e. The molecule has 0 saturated heterocycles. The normalized spacial score (nSPS) is 12.5. The van der Waals surface area contributed by atoms with Gasteiger partial charge in [0.1, 0.15) is 0 Å². The smallest absolute Gasteiger partial charge is 0.264 e. The van der Waals surface area contributed by atoms with Crippen molar-refractivity contribution in [3.05, 3.63) is 0 Å². The maximum absolute atomic E-state index is 11.6. The molecule has 0 radical (unpaired) electrons. The van der Waals surface area contributed by atoms with Crippen molar-refractivity contribution in [1.82, 2.24) is 5.32 Å². The average molecular weight is 251 g/mol. The van der Waals surface area contributed by atoms with Gasteiger partial charge in [-0.3, -0.25) is 9.35 Å². The van der Waals surface area contributed by atoms with Crippen molar-refractivity contribution in [2.75, 3.05) is 12.3 Å². The highest BCUT2D eigenvalue weighted by atomic mass is 32.2. The Kier molecular flexibility index (Phi) is 5.96. The Balaban J connectivity index is 3.72. The molecule has 0 heterocycles. The summed E-state index contributed by atoms with van der Waals surface area (Å²) in [6.45, 7) is 6.11. The van der Waals surface area contributed by atoms with Crippen LogP contribution < -0.4 is 5.32 Å². The fourth-order valence-electron chi connectivity index (χ4n) is 1.01. The molecule has 16 heavy (non-hydrogen) atoms. The van der Waals surface area contributed by atoms with Gasteiger partial charge in [-0.15, -0.1) is 0 Å². The third kappa shape index (κ3) is 6.79. The highest BCUT2D eigenvalue weighted by molar-refractivity contribution is 7.85. The van der Waals surface area contributed by atoms with E-state index in [1.165, 1.54) is 0 Å². The molecule has 0 aromatic heterocycles. The molecule has 96 valence electrons. The Hall–Kier alpha value is -0.620. The maximum atomic E-state index is 11.6. The second-order valence-corrected chi connectivity index (χ2v) is 6.06. The third-order valence-electron chi connectivity index (χ3n) is 2.61. The molecule has 0 spiro atoms. The van der Waals surface area contributed by atoms with Crippen LogP contribution in [0.15, 0.2) is 0 Å². The molecule has 0 aromatic carbocycles. The predicted molar refractivity (Wildman–Crippen MR) is 62.7 cm³/mol. The van der Waals surface area contributed by atoms with E-state index >= 15 is 0 Å². The molecular weight excluding hydrogens is 230 g/mol. The number of amides is 1. The lowest BCUT2D eigenvalue weighted by Gasteiger charge is -2.21. The van der Waals surface area contributed by atoms with Gasteiger partial charge in [0.2, 0.25) is 5.91 Å². The maximum Gasteiger partial charge on any atom is 0.264 e. The fourth-order valence-corrected chi connectivity index (χ4v) is 1.58. The van der Waals surface area contributed by atoms with Crippen molar-refractivity contribution in [3.8, 4) is 0 Å². The molecule has 1 amide bonds. The first-order chi connectivity index (χ1) is 7.19. The molecule has 0 rings (SSSR count). The van der Waals surface area contributed by atoms with Crippen LogP contribution in [-0.2, 0) is 14.9 Å². The number of carbonyl (C=O) groups excluding carboxylic acids is 1. The van der Waals surface area contributed by atoms with Gasteiger partial charge in [0.25, 0.3) is 10.1 Å². The molecule has 6 heteroatoms. The first-order valence-electron chi connectivity index (χ1n) is 5.42. The molecule has 5 nitrogen and oxygen atoms in total. The Bertz CT molecular complexity index is 322. The summed E-state index contributed by atoms with van der Waals surface area (Å²) in [5, 5.41) is 2.74. The summed E-state index contributed by atoms with van der Waals surface area (Å²) in [6.07, 6.45) is 1.65. The van der Waals surface area contributed by atoms with Gasteiger partial charge < -0.3 is 5.32 Å². The van der Waals surface area contributed by atoms with Gasteiger partial charge in [-0.05, 0) is 19.3 Å². The second kappa shape index (κ2) is 6.20. The molecular formula is C10H21NO4S. The molecule has 0 aliphatic heterocycles. The van der Waals surface area contributed by atoms with E-state index in [9.17, 15) is 13.2 Å². The summed E-state index contributed by atoms with van der Waals surface area (Å²) in [7, 11) is -3.87. The van der Waals surface area contributed by atoms with Crippen LogP contribution in [0.4, 0.5) is 0 Å². The predicted octanol–water partition coefficient (Wildman–Crippen LogP) is 1.21. The Morgan fingerprint density at radius 1 is 1.31 bits per heavy atom. The number of hydrogen-bond donors (Lipinski definition) is 2. The summed E-state index contributed by atoms with van der Waals surface area (Å²) in [5.41, 5.74) is -0.386. The van der Waals surface area contributed by atoms with Crippen molar-refractivity contribution in [2.45, 2.75) is 40.0 Å². The molecule has 0 aliphatic rings. The second-order valence-electron chi connectivity index (χ2n) is 4.49. The van der Waals surface area contributed by atoms with Crippen LogP contribution in [0.2, 0.25) is 0 Å². The van der Waals surface area contributed by atoms with E-state index in [1.54, 1.807) is 0 Å². The number of hydrogen-bond acceptors (Lipinski definition) is 3. The Morgan fingerprint density at radius 2 is 1.88 bits per heavy atom. The van der Waals surface area contributed by atoms with Crippen LogP contribution in [0, 0.1) is 5.41 Å². The number of carbonyl (C=O) groups is 1. The summed E-state index contributed by atoms with van der Waals surface area (Å²) >= 11 is 0. The van der Waals surface area contributed by atoms with Crippen molar-refractivity contribution >= 4 is 16.0 Å². The van der Waals surface area contributed by atoms with Crippen LogP contribution in [0.1, 0.15) is 40.0 Å². The van der Waals surface area contributed by atoms with Gasteiger partial charge in [-0.1, -0.05) is 20.8 Å². The molecule has 2 N–H and O–H groups in total. The monoisotopic (exact) mass is 251 g/mol. The summed E-state index contributed by atoms with van der Waals surface area (Å²) in [6, 6.07) is 0.